The number of benzene rings is 1. The highest BCUT2D eigenvalue weighted by atomic mass is 16.5. The topological polar surface area (TPSA) is 138 Å². The minimum absolute atomic E-state index is 0.198. The van der Waals surface area contributed by atoms with E-state index < -0.39 is 0 Å². The van der Waals surface area contributed by atoms with Crippen molar-refractivity contribution in [3.8, 4) is 28.5 Å². The van der Waals surface area contributed by atoms with Gasteiger partial charge < -0.3 is 19.6 Å². The van der Waals surface area contributed by atoms with Crippen molar-refractivity contribution in [3.63, 3.8) is 0 Å². The van der Waals surface area contributed by atoms with Crippen molar-refractivity contribution in [2.24, 2.45) is 0 Å². The molecule has 42 heavy (non-hydrogen) atoms. The standard InChI is InChI=1S/C30H33N9O3/c31-15-22-2-1-3-23(14-22)28-4-5-29(41)39(35-28)21-27-20-37(11-13-42-27)30-32-16-24(17-33-30)25-18-34-38(19-25)26-6-8-36(9-7-26)10-12-40/h1-5,14,16-19,26-27,40H,6-13,20-21H2/t27-/m0/s1. The summed E-state index contributed by atoms with van der Waals surface area (Å²) in [6, 6.07) is 12.8. The van der Waals surface area contributed by atoms with Gasteiger partial charge >= 0.3 is 0 Å². The average Bonchev–Trinajstić information content (AvgIpc) is 3.53. The molecule has 3 aromatic heterocycles. The number of piperidine rings is 1. The molecule has 2 saturated heterocycles. The summed E-state index contributed by atoms with van der Waals surface area (Å²) in [6.45, 7) is 4.79. The van der Waals surface area contributed by atoms with Crippen molar-refractivity contribution in [2.75, 3.05) is 50.8 Å². The molecular formula is C30H33N9O3. The molecule has 6 rings (SSSR count). The second-order valence-electron chi connectivity index (χ2n) is 10.6. The lowest BCUT2D eigenvalue weighted by Crippen LogP contribution is -2.46. The zero-order chi connectivity index (χ0) is 28.9. The number of rotatable bonds is 8. The summed E-state index contributed by atoms with van der Waals surface area (Å²) in [5, 5.41) is 27.5. The molecule has 0 unspecified atom stereocenters. The Morgan fingerprint density at radius 3 is 2.64 bits per heavy atom. The maximum absolute atomic E-state index is 12.6. The molecule has 0 amide bonds. The molecular weight excluding hydrogens is 534 g/mol. The maximum atomic E-state index is 12.6. The van der Waals surface area contributed by atoms with E-state index in [1.54, 1.807) is 24.3 Å². The Hall–Kier alpha value is -4.44. The normalized spacial score (nSPS) is 18.2. The molecule has 12 heteroatoms. The molecule has 0 aliphatic carbocycles. The Morgan fingerprint density at radius 2 is 1.86 bits per heavy atom. The number of hydrogen-bond acceptors (Lipinski definition) is 10. The number of hydrogen-bond donors (Lipinski definition) is 1. The van der Waals surface area contributed by atoms with Crippen molar-refractivity contribution >= 4 is 5.95 Å². The van der Waals surface area contributed by atoms with Gasteiger partial charge in [0.05, 0.1) is 55.4 Å². The molecule has 5 heterocycles. The number of aliphatic hydroxyl groups excluding tert-OH is 1. The van der Waals surface area contributed by atoms with Crippen molar-refractivity contribution in [3.05, 3.63) is 77.1 Å². The number of aromatic nitrogens is 6. The molecule has 216 valence electrons. The minimum atomic E-state index is -0.269. The van der Waals surface area contributed by atoms with Gasteiger partial charge in [0, 0.05) is 74.1 Å². The van der Waals surface area contributed by atoms with Gasteiger partial charge in [-0.05, 0) is 31.0 Å². The summed E-state index contributed by atoms with van der Waals surface area (Å²) in [6.07, 6.45) is 9.31. The Bertz CT molecular complexity index is 1600. The van der Waals surface area contributed by atoms with Crippen molar-refractivity contribution < 1.29 is 9.84 Å². The smallest absolute Gasteiger partial charge is 0.266 e. The molecule has 0 saturated carbocycles. The predicted octanol–water partition coefficient (Wildman–Crippen LogP) is 1.97. The maximum Gasteiger partial charge on any atom is 0.266 e. The fraction of sp³-hybridized carbons (Fsp3) is 0.400. The molecule has 2 fully saturated rings. The number of ether oxygens (including phenoxy) is 1. The van der Waals surface area contributed by atoms with E-state index in [1.165, 1.54) is 10.7 Å². The van der Waals surface area contributed by atoms with E-state index in [1.807, 2.05) is 29.3 Å². The molecule has 0 bridgehead atoms. The van der Waals surface area contributed by atoms with Crippen molar-refractivity contribution in [1.82, 2.24) is 34.4 Å². The van der Waals surface area contributed by atoms with Crippen LogP contribution in [0.15, 0.2) is 66.0 Å². The summed E-state index contributed by atoms with van der Waals surface area (Å²) in [5.41, 5.74) is 3.59. The second kappa shape index (κ2) is 12.6. The lowest BCUT2D eigenvalue weighted by Gasteiger charge is -2.33. The van der Waals surface area contributed by atoms with Crippen LogP contribution in [0.4, 0.5) is 5.95 Å². The molecule has 0 spiro atoms. The monoisotopic (exact) mass is 567 g/mol. The van der Waals surface area contributed by atoms with Crippen LogP contribution < -0.4 is 10.5 Å². The van der Waals surface area contributed by atoms with Gasteiger partial charge in [-0.25, -0.2) is 14.6 Å². The summed E-state index contributed by atoms with van der Waals surface area (Å²) in [5.74, 6) is 0.609. The van der Waals surface area contributed by atoms with Gasteiger partial charge in [0.2, 0.25) is 5.95 Å². The molecule has 12 nitrogen and oxygen atoms in total. The molecule has 1 aromatic carbocycles. The van der Waals surface area contributed by atoms with Gasteiger partial charge in [-0.2, -0.15) is 15.5 Å². The van der Waals surface area contributed by atoms with Gasteiger partial charge in [0.15, 0.2) is 0 Å². The number of likely N-dealkylation sites (tertiary alicyclic amines) is 1. The average molecular weight is 568 g/mol. The van der Waals surface area contributed by atoms with Crippen molar-refractivity contribution in [2.45, 2.75) is 31.5 Å². The van der Waals surface area contributed by atoms with Gasteiger partial charge in [-0.15, -0.1) is 0 Å². The number of β-amino-alcohol motifs (C(OH)–C–C–N with tert-alkyl or cyclic N) is 1. The van der Waals surface area contributed by atoms with E-state index >= 15 is 0 Å². The zero-order valence-corrected chi connectivity index (χ0v) is 23.3. The van der Waals surface area contributed by atoms with Crippen LogP contribution in [-0.2, 0) is 11.3 Å². The summed E-state index contributed by atoms with van der Waals surface area (Å²) in [4.78, 5) is 26.2. The minimum Gasteiger partial charge on any atom is -0.395 e. The first kappa shape index (κ1) is 27.7. The van der Waals surface area contributed by atoms with E-state index in [-0.39, 0.29) is 24.8 Å². The molecule has 4 aromatic rings. The van der Waals surface area contributed by atoms with E-state index in [4.69, 9.17) is 4.74 Å². The quantitative estimate of drug-likeness (QED) is 0.336. The molecule has 2 aliphatic rings. The first-order chi connectivity index (χ1) is 20.6. The van der Waals surface area contributed by atoms with Crippen LogP contribution in [0.5, 0.6) is 0 Å². The number of nitrogens with zero attached hydrogens (tertiary/aromatic N) is 9. The van der Waals surface area contributed by atoms with Crippen LogP contribution in [-0.4, -0.2) is 91.6 Å². The fourth-order valence-electron chi connectivity index (χ4n) is 5.56. The predicted molar refractivity (Wildman–Crippen MR) is 156 cm³/mol. The Labute approximate surface area is 243 Å². The van der Waals surface area contributed by atoms with Crippen LogP contribution >= 0.6 is 0 Å². The highest BCUT2D eigenvalue weighted by Gasteiger charge is 2.24. The van der Waals surface area contributed by atoms with E-state index in [9.17, 15) is 15.2 Å². The van der Waals surface area contributed by atoms with Crippen molar-refractivity contribution in [1.29, 1.82) is 5.26 Å². The Morgan fingerprint density at radius 1 is 1.02 bits per heavy atom. The van der Waals surface area contributed by atoms with Gasteiger partial charge in [0.25, 0.3) is 5.56 Å². The molecule has 1 atom stereocenters. The van der Waals surface area contributed by atoms with Gasteiger partial charge in [0.1, 0.15) is 0 Å². The second-order valence-corrected chi connectivity index (χ2v) is 10.6. The first-order valence-electron chi connectivity index (χ1n) is 14.2. The van der Waals surface area contributed by atoms with Crippen LogP contribution in [0.1, 0.15) is 24.4 Å². The SMILES string of the molecule is N#Cc1cccc(-c2ccc(=O)n(C[C@@H]3CN(c4ncc(-c5cnn(C6CCN(CCO)CC6)c5)cn4)CCO3)n2)c1. The third-order valence-corrected chi connectivity index (χ3v) is 7.87. The Kier molecular flexibility index (Phi) is 8.32. The number of morpholine rings is 1. The number of aliphatic hydroxyl groups is 1. The lowest BCUT2D eigenvalue weighted by molar-refractivity contribution is 0.0260. The molecule has 2 aliphatic heterocycles. The third-order valence-electron chi connectivity index (χ3n) is 7.87. The highest BCUT2D eigenvalue weighted by molar-refractivity contribution is 5.61. The fourth-order valence-corrected chi connectivity index (χ4v) is 5.56. The van der Waals surface area contributed by atoms with Crippen LogP contribution in [0.25, 0.3) is 22.4 Å². The Balaban J connectivity index is 1.09. The van der Waals surface area contributed by atoms with E-state index in [0.29, 0.717) is 42.9 Å². The summed E-state index contributed by atoms with van der Waals surface area (Å²) in [7, 11) is 0. The third kappa shape index (κ3) is 6.23. The number of anilines is 1. The lowest BCUT2D eigenvalue weighted by atomic mass is 10.1. The van der Waals surface area contributed by atoms with Gasteiger partial charge in [-0.1, -0.05) is 12.1 Å². The molecule has 1 N–H and O–H groups in total. The van der Waals surface area contributed by atoms with E-state index in [2.05, 4.69) is 42.2 Å². The largest absolute Gasteiger partial charge is 0.395 e. The van der Waals surface area contributed by atoms with E-state index in [0.717, 1.165) is 49.2 Å². The first-order valence-corrected chi connectivity index (χ1v) is 14.2. The van der Waals surface area contributed by atoms with Crippen LogP contribution in [0.3, 0.4) is 0 Å². The number of nitriles is 1. The summed E-state index contributed by atoms with van der Waals surface area (Å²) < 4.78 is 9.43. The van der Waals surface area contributed by atoms with Crippen LogP contribution in [0.2, 0.25) is 0 Å². The zero-order valence-electron chi connectivity index (χ0n) is 23.3. The molecule has 0 radical (unpaired) electrons. The summed E-state index contributed by atoms with van der Waals surface area (Å²) >= 11 is 0. The highest BCUT2D eigenvalue weighted by Crippen LogP contribution is 2.26. The van der Waals surface area contributed by atoms with Gasteiger partial charge in [-0.3, -0.25) is 9.48 Å². The van der Waals surface area contributed by atoms with Crippen LogP contribution in [0, 0.1) is 11.3 Å².